The zero-order valence-corrected chi connectivity index (χ0v) is 14.8. The molecule has 1 amide bonds. The topological polar surface area (TPSA) is 73.2 Å². The van der Waals surface area contributed by atoms with E-state index >= 15 is 0 Å². The van der Waals surface area contributed by atoms with Gasteiger partial charge in [-0.15, -0.1) is 5.10 Å². The fourth-order valence-corrected chi connectivity index (χ4v) is 2.41. The molecule has 0 saturated carbocycles. The first kappa shape index (κ1) is 18.3. The Bertz CT molecular complexity index is 1020. The summed E-state index contributed by atoms with van der Waals surface area (Å²) in [4.78, 5) is 24.4. The molecular weight excluding hydrogens is 349 g/mol. The number of nitrogens with zero attached hydrogens (tertiary/aromatic N) is 2. The predicted molar refractivity (Wildman–Crippen MR) is 99.7 cm³/mol. The number of para-hydroxylation sites is 1. The number of aryl methyl sites for hydroxylation is 1. The van der Waals surface area contributed by atoms with Crippen LogP contribution < -0.4 is 15.6 Å². The van der Waals surface area contributed by atoms with E-state index in [4.69, 9.17) is 4.74 Å². The van der Waals surface area contributed by atoms with Gasteiger partial charge in [-0.2, -0.15) is 4.68 Å². The summed E-state index contributed by atoms with van der Waals surface area (Å²) in [6.07, 6.45) is -0.837. The lowest BCUT2D eigenvalue weighted by molar-refractivity contribution is -0.122. The van der Waals surface area contributed by atoms with Gasteiger partial charge in [0.05, 0.1) is 5.69 Å². The summed E-state index contributed by atoms with van der Waals surface area (Å²) >= 11 is 0. The van der Waals surface area contributed by atoms with Crippen LogP contribution in [0.4, 0.5) is 10.1 Å². The summed E-state index contributed by atoms with van der Waals surface area (Å²) < 4.78 is 19.7. The standard InChI is InChI=1S/C20H18FN3O3/c1-13-5-3-4-6-17(13)22-20(26)14(2)27-18-11-12-19(25)24(23-18)16-9-7-15(21)8-10-16/h3-12,14H,1-2H3,(H,22,26). The van der Waals surface area contributed by atoms with E-state index < -0.39 is 17.5 Å². The Morgan fingerprint density at radius 2 is 1.81 bits per heavy atom. The second-order valence-corrected chi connectivity index (χ2v) is 5.96. The first-order chi connectivity index (χ1) is 12.9. The van der Waals surface area contributed by atoms with Gasteiger partial charge in [0.25, 0.3) is 11.5 Å². The molecule has 0 aliphatic rings. The Kier molecular flexibility index (Phi) is 5.30. The van der Waals surface area contributed by atoms with Crippen molar-refractivity contribution in [3.8, 4) is 11.6 Å². The minimum atomic E-state index is -0.837. The summed E-state index contributed by atoms with van der Waals surface area (Å²) in [6.45, 7) is 3.48. The van der Waals surface area contributed by atoms with Gasteiger partial charge in [-0.25, -0.2) is 4.39 Å². The van der Waals surface area contributed by atoms with Crippen LogP contribution in [0.5, 0.6) is 5.88 Å². The Morgan fingerprint density at radius 3 is 2.52 bits per heavy atom. The van der Waals surface area contributed by atoms with Crippen LogP contribution in [-0.4, -0.2) is 21.8 Å². The fourth-order valence-electron chi connectivity index (χ4n) is 2.41. The lowest BCUT2D eigenvalue weighted by Crippen LogP contribution is -2.31. The zero-order chi connectivity index (χ0) is 19.4. The van der Waals surface area contributed by atoms with Crippen molar-refractivity contribution in [3.05, 3.63) is 82.4 Å². The maximum Gasteiger partial charge on any atom is 0.271 e. The second-order valence-electron chi connectivity index (χ2n) is 5.96. The third-order valence-corrected chi connectivity index (χ3v) is 3.92. The highest BCUT2D eigenvalue weighted by molar-refractivity contribution is 5.94. The minimum Gasteiger partial charge on any atom is -0.463 e. The number of carbonyl (C=O) groups excluding carboxylic acids is 1. The number of rotatable bonds is 5. The van der Waals surface area contributed by atoms with E-state index in [1.807, 2.05) is 25.1 Å². The predicted octanol–water partition coefficient (Wildman–Crippen LogP) is 3.09. The molecule has 0 radical (unpaired) electrons. The molecular formula is C20H18FN3O3. The van der Waals surface area contributed by atoms with Crippen molar-refractivity contribution in [1.82, 2.24) is 9.78 Å². The number of benzene rings is 2. The Hall–Kier alpha value is -3.48. The van der Waals surface area contributed by atoms with Crippen molar-refractivity contribution in [2.45, 2.75) is 20.0 Å². The lowest BCUT2D eigenvalue weighted by atomic mass is 10.2. The number of hydrogen-bond donors (Lipinski definition) is 1. The lowest BCUT2D eigenvalue weighted by Gasteiger charge is -2.15. The Morgan fingerprint density at radius 1 is 1.11 bits per heavy atom. The number of hydrogen-bond acceptors (Lipinski definition) is 4. The van der Waals surface area contributed by atoms with Crippen LogP contribution in [-0.2, 0) is 4.79 Å². The monoisotopic (exact) mass is 367 g/mol. The maximum atomic E-state index is 13.1. The summed E-state index contributed by atoms with van der Waals surface area (Å²) in [5.41, 5.74) is 1.62. The van der Waals surface area contributed by atoms with Crippen LogP contribution in [0.15, 0.2) is 65.5 Å². The van der Waals surface area contributed by atoms with E-state index in [-0.39, 0.29) is 11.8 Å². The summed E-state index contributed by atoms with van der Waals surface area (Å²) in [5, 5.41) is 6.89. The molecule has 6 nitrogen and oxygen atoms in total. The molecule has 0 spiro atoms. The van der Waals surface area contributed by atoms with Crippen molar-refractivity contribution in [2.24, 2.45) is 0 Å². The average molecular weight is 367 g/mol. The molecule has 0 saturated heterocycles. The van der Waals surface area contributed by atoms with Crippen LogP contribution in [0.25, 0.3) is 5.69 Å². The Balaban J connectivity index is 1.76. The first-order valence-corrected chi connectivity index (χ1v) is 8.33. The van der Waals surface area contributed by atoms with Crippen LogP contribution >= 0.6 is 0 Å². The van der Waals surface area contributed by atoms with Crippen molar-refractivity contribution in [3.63, 3.8) is 0 Å². The molecule has 1 heterocycles. The third-order valence-electron chi connectivity index (χ3n) is 3.92. The van der Waals surface area contributed by atoms with E-state index in [2.05, 4.69) is 10.4 Å². The highest BCUT2D eigenvalue weighted by Gasteiger charge is 2.17. The normalized spacial score (nSPS) is 11.7. The number of halogens is 1. The summed E-state index contributed by atoms with van der Waals surface area (Å²) in [7, 11) is 0. The molecule has 1 aromatic heterocycles. The number of nitrogens with one attached hydrogen (secondary N) is 1. The SMILES string of the molecule is Cc1ccccc1NC(=O)C(C)Oc1ccc(=O)n(-c2ccc(F)cc2)n1. The van der Waals surface area contributed by atoms with Gasteiger partial charge in [0.1, 0.15) is 5.82 Å². The van der Waals surface area contributed by atoms with Gasteiger partial charge in [0.15, 0.2) is 6.10 Å². The molecule has 3 aromatic rings. The molecule has 0 aliphatic heterocycles. The van der Waals surface area contributed by atoms with Gasteiger partial charge in [-0.05, 0) is 49.7 Å². The van der Waals surface area contributed by atoms with Gasteiger partial charge in [0, 0.05) is 17.8 Å². The first-order valence-electron chi connectivity index (χ1n) is 8.33. The fraction of sp³-hybridized carbons (Fsp3) is 0.150. The van der Waals surface area contributed by atoms with Crippen molar-refractivity contribution in [2.75, 3.05) is 5.32 Å². The molecule has 138 valence electrons. The average Bonchev–Trinajstić information content (AvgIpc) is 2.66. The van der Waals surface area contributed by atoms with Gasteiger partial charge < -0.3 is 10.1 Å². The smallest absolute Gasteiger partial charge is 0.271 e. The van der Waals surface area contributed by atoms with E-state index in [1.54, 1.807) is 13.0 Å². The molecule has 3 rings (SSSR count). The molecule has 2 aromatic carbocycles. The number of anilines is 1. The van der Waals surface area contributed by atoms with Crippen molar-refractivity contribution >= 4 is 11.6 Å². The van der Waals surface area contributed by atoms with Gasteiger partial charge in [-0.1, -0.05) is 18.2 Å². The van der Waals surface area contributed by atoms with Crippen LogP contribution in [0.1, 0.15) is 12.5 Å². The zero-order valence-electron chi connectivity index (χ0n) is 14.8. The molecule has 27 heavy (non-hydrogen) atoms. The molecule has 7 heteroatoms. The highest BCUT2D eigenvalue weighted by Crippen LogP contribution is 2.15. The summed E-state index contributed by atoms with van der Waals surface area (Å²) in [6, 6.07) is 15.4. The van der Waals surface area contributed by atoms with Crippen LogP contribution in [0.2, 0.25) is 0 Å². The number of aromatic nitrogens is 2. The quantitative estimate of drug-likeness (QED) is 0.752. The van der Waals surface area contributed by atoms with E-state index in [0.717, 1.165) is 10.2 Å². The second kappa shape index (κ2) is 7.82. The van der Waals surface area contributed by atoms with E-state index in [9.17, 15) is 14.0 Å². The largest absolute Gasteiger partial charge is 0.463 e. The van der Waals surface area contributed by atoms with E-state index in [1.165, 1.54) is 36.4 Å². The summed E-state index contributed by atoms with van der Waals surface area (Å²) in [5.74, 6) is -0.655. The number of ether oxygens (including phenoxy) is 1. The molecule has 0 fully saturated rings. The Labute approximate surface area is 155 Å². The van der Waals surface area contributed by atoms with Crippen LogP contribution in [0.3, 0.4) is 0 Å². The molecule has 1 atom stereocenters. The van der Waals surface area contributed by atoms with E-state index in [0.29, 0.717) is 11.4 Å². The van der Waals surface area contributed by atoms with Gasteiger partial charge >= 0.3 is 0 Å². The van der Waals surface area contributed by atoms with Gasteiger partial charge in [0.2, 0.25) is 5.88 Å². The van der Waals surface area contributed by atoms with Crippen molar-refractivity contribution < 1.29 is 13.9 Å². The highest BCUT2D eigenvalue weighted by atomic mass is 19.1. The maximum absolute atomic E-state index is 13.1. The molecule has 0 aliphatic carbocycles. The van der Waals surface area contributed by atoms with Crippen LogP contribution in [0, 0.1) is 12.7 Å². The van der Waals surface area contributed by atoms with Crippen molar-refractivity contribution in [1.29, 1.82) is 0 Å². The molecule has 1 N–H and O–H groups in total. The minimum absolute atomic E-state index is 0.103. The van der Waals surface area contributed by atoms with Gasteiger partial charge in [-0.3, -0.25) is 9.59 Å². The molecule has 1 unspecified atom stereocenters. The molecule has 0 bridgehead atoms. The number of carbonyl (C=O) groups is 1. The number of amides is 1. The third kappa shape index (κ3) is 4.38.